The molecule has 0 spiro atoms. The summed E-state index contributed by atoms with van der Waals surface area (Å²) in [5.74, 6) is -0.800. The van der Waals surface area contributed by atoms with Gasteiger partial charge in [0.1, 0.15) is 0 Å². The number of carbonyl (C=O) groups is 1. The van der Waals surface area contributed by atoms with Gasteiger partial charge in [-0.15, -0.1) is 0 Å². The molecule has 0 amide bonds. The summed E-state index contributed by atoms with van der Waals surface area (Å²) in [6.45, 7) is 3.87. The van der Waals surface area contributed by atoms with Crippen LogP contribution < -0.4 is 0 Å². The number of hydrogen-bond donors (Lipinski definition) is 1. The fourth-order valence-electron chi connectivity index (χ4n) is 1.90. The van der Waals surface area contributed by atoms with Gasteiger partial charge in [0.25, 0.3) is 0 Å². The van der Waals surface area contributed by atoms with Crippen LogP contribution in [0.4, 0.5) is 0 Å². The maximum Gasteiger partial charge on any atom is 0.303 e. The van der Waals surface area contributed by atoms with Gasteiger partial charge in [0.2, 0.25) is 0 Å². The molecule has 0 bridgehead atoms. The molecule has 0 saturated carbocycles. The molecule has 2 aromatic rings. The van der Waals surface area contributed by atoms with E-state index >= 15 is 0 Å². The maximum atomic E-state index is 10.6. The molecule has 5 heteroatoms. The van der Waals surface area contributed by atoms with Crippen molar-refractivity contribution in [1.29, 1.82) is 0 Å². The molecule has 0 aliphatic rings. The molecule has 0 saturated heterocycles. The van der Waals surface area contributed by atoms with Gasteiger partial charge in [0, 0.05) is 17.1 Å². The normalized spacial score (nSPS) is 10.7. The van der Waals surface area contributed by atoms with Crippen molar-refractivity contribution >= 4 is 17.6 Å². The minimum atomic E-state index is -0.800. The lowest BCUT2D eigenvalue weighted by atomic mass is 10.1. The van der Waals surface area contributed by atoms with Crippen LogP contribution in [0.2, 0.25) is 5.02 Å². The molecule has 100 valence electrons. The molecule has 0 unspecified atom stereocenters. The number of aliphatic carboxylic acids is 1. The number of nitrogens with zero attached hydrogens (tertiary/aromatic N) is 2. The molecule has 0 radical (unpaired) electrons. The van der Waals surface area contributed by atoms with Gasteiger partial charge < -0.3 is 5.11 Å². The zero-order valence-electron chi connectivity index (χ0n) is 10.9. The first-order chi connectivity index (χ1) is 8.99. The zero-order valence-corrected chi connectivity index (χ0v) is 11.6. The number of carboxylic acid groups (broad SMARTS) is 1. The van der Waals surface area contributed by atoms with Crippen molar-refractivity contribution < 1.29 is 9.90 Å². The van der Waals surface area contributed by atoms with E-state index in [0.717, 1.165) is 22.5 Å². The van der Waals surface area contributed by atoms with Crippen LogP contribution in [0, 0.1) is 13.8 Å². The second-order valence-corrected chi connectivity index (χ2v) is 4.90. The predicted octanol–water partition coefficient (Wildman–Crippen LogP) is 3.16. The highest BCUT2D eigenvalue weighted by molar-refractivity contribution is 6.31. The second-order valence-electron chi connectivity index (χ2n) is 4.49. The molecule has 0 fully saturated rings. The maximum absolute atomic E-state index is 10.6. The van der Waals surface area contributed by atoms with E-state index in [1.165, 1.54) is 0 Å². The highest BCUT2D eigenvalue weighted by atomic mass is 35.5. The summed E-state index contributed by atoms with van der Waals surface area (Å²) in [5.41, 5.74) is 3.79. The molecule has 0 atom stereocenters. The molecular formula is C14H15ClN2O2. The Morgan fingerprint density at radius 3 is 2.79 bits per heavy atom. The fraction of sp³-hybridized carbons (Fsp3) is 0.286. The van der Waals surface area contributed by atoms with Gasteiger partial charge >= 0.3 is 5.97 Å². The number of halogens is 1. The minimum Gasteiger partial charge on any atom is -0.481 e. The van der Waals surface area contributed by atoms with E-state index in [2.05, 4.69) is 5.10 Å². The van der Waals surface area contributed by atoms with Gasteiger partial charge in [-0.05, 0) is 43.5 Å². The second kappa shape index (κ2) is 5.45. The molecule has 1 N–H and O–H groups in total. The van der Waals surface area contributed by atoms with E-state index in [1.807, 2.05) is 32.0 Å². The van der Waals surface area contributed by atoms with Crippen molar-refractivity contribution in [3.8, 4) is 5.69 Å². The Kier molecular flexibility index (Phi) is 3.90. The first-order valence-electron chi connectivity index (χ1n) is 6.01. The molecule has 2 rings (SSSR count). The average molecular weight is 279 g/mol. The summed E-state index contributed by atoms with van der Waals surface area (Å²) in [5, 5.41) is 13.7. The van der Waals surface area contributed by atoms with Crippen LogP contribution in [0.1, 0.15) is 23.2 Å². The third-order valence-corrected chi connectivity index (χ3v) is 3.53. The summed E-state index contributed by atoms with van der Waals surface area (Å²) < 4.78 is 1.78. The van der Waals surface area contributed by atoms with Gasteiger partial charge in [0.05, 0.1) is 11.9 Å². The number of rotatable bonds is 4. The first kappa shape index (κ1) is 13.6. The lowest BCUT2D eigenvalue weighted by Gasteiger charge is -2.07. The van der Waals surface area contributed by atoms with Crippen LogP contribution in [0.15, 0.2) is 24.4 Å². The zero-order chi connectivity index (χ0) is 14.0. The van der Waals surface area contributed by atoms with Gasteiger partial charge in [-0.25, -0.2) is 4.68 Å². The molecule has 4 nitrogen and oxygen atoms in total. The highest BCUT2D eigenvalue weighted by Crippen LogP contribution is 2.21. The first-order valence-corrected chi connectivity index (χ1v) is 6.38. The fourth-order valence-corrected chi connectivity index (χ4v) is 2.08. The Morgan fingerprint density at radius 2 is 2.16 bits per heavy atom. The summed E-state index contributed by atoms with van der Waals surface area (Å²) in [7, 11) is 0. The summed E-state index contributed by atoms with van der Waals surface area (Å²) in [6, 6.07) is 5.75. The van der Waals surface area contributed by atoms with Crippen LogP contribution in [-0.2, 0) is 11.2 Å². The van der Waals surface area contributed by atoms with E-state index in [0.29, 0.717) is 11.4 Å². The third-order valence-electron chi connectivity index (χ3n) is 3.12. The molecule has 1 aromatic heterocycles. The molecule has 19 heavy (non-hydrogen) atoms. The Bertz CT molecular complexity index is 620. The van der Waals surface area contributed by atoms with E-state index in [-0.39, 0.29) is 6.42 Å². The third kappa shape index (κ3) is 2.96. The Morgan fingerprint density at radius 1 is 1.42 bits per heavy atom. The Labute approximate surface area is 116 Å². The van der Waals surface area contributed by atoms with E-state index in [1.54, 1.807) is 10.9 Å². The quantitative estimate of drug-likeness (QED) is 0.935. The lowest BCUT2D eigenvalue weighted by molar-refractivity contribution is -0.136. The summed E-state index contributed by atoms with van der Waals surface area (Å²) in [6.07, 6.45) is 2.31. The van der Waals surface area contributed by atoms with E-state index in [9.17, 15) is 4.79 Å². The summed E-state index contributed by atoms with van der Waals surface area (Å²) in [4.78, 5) is 10.6. The number of hydrogen-bond acceptors (Lipinski definition) is 2. The van der Waals surface area contributed by atoms with Gasteiger partial charge in [-0.2, -0.15) is 5.10 Å². The molecule has 1 aromatic carbocycles. The van der Waals surface area contributed by atoms with Crippen molar-refractivity contribution in [2.24, 2.45) is 0 Å². The van der Waals surface area contributed by atoms with Crippen molar-refractivity contribution in [1.82, 2.24) is 9.78 Å². The number of benzene rings is 1. The average Bonchev–Trinajstić information content (AvgIpc) is 2.72. The molecular weight excluding hydrogens is 264 g/mol. The predicted molar refractivity (Wildman–Crippen MR) is 74.0 cm³/mol. The monoisotopic (exact) mass is 278 g/mol. The minimum absolute atomic E-state index is 0.112. The largest absolute Gasteiger partial charge is 0.481 e. The Hall–Kier alpha value is -1.81. The van der Waals surface area contributed by atoms with Gasteiger partial charge in [-0.1, -0.05) is 17.7 Å². The number of aryl methyl sites for hydroxylation is 2. The lowest BCUT2D eigenvalue weighted by Crippen LogP contribution is -2.01. The topological polar surface area (TPSA) is 55.1 Å². The molecule has 0 aliphatic carbocycles. The van der Waals surface area contributed by atoms with Gasteiger partial charge in [0.15, 0.2) is 0 Å². The van der Waals surface area contributed by atoms with Crippen LogP contribution in [-0.4, -0.2) is 20.9 Å². The van der Waals surface area contributed by atoms with Gasteiger partial charge in [-0.3, -0.25) is 4.79 Å². The van der Waals surface area contributed by atoms with Crippen molar-refractivity contribution in [2.45, 2.75) is 26.7 Å². The van der Waals surface area contributed by atoms with Crippen LogP contribution >= 0.6 is 11.6 Å². The number of carboxylic acids is 1. The van der Waals surface area contributed by atoms with Crippen LogP contribution in [0.25, 0.3) is 5.69 Å². The van der Waals surface area contributed by atoms with Crippen LogP contribution in [0.5, 0.6) is 0 Å². The van der Waals surface area contributed by atoms with E-state index in [4.69, 9.17) is 16.7 Å². The molecule has 0 aliphatic heterocycles. The van der Waals surface area contributed by atoms with Crippen molar-refractivity contribution in [2.75, 3.05) is 0 Å². The standard InChI is InChI=1S/C14H15ClN2O2/c1-9-3-5-12(7-13(9)15)17-10(2)11(8-16-17)4-6-14(18)19/h3,5,7-8H,4,6H2,1-2H3,(H,18,19). The van der Waals surface area contributed by atoms with Crippen molar-refractivity contribution in [3.05, 3.63) is 46.2 Å². The summed E-state index contributed by atoms with van der Waals surface area (Å²) >= 11 is 6.11. The SMILES string of the molecule is Cc1ccc(-n2ncc(CCC(=O)O)c2C)cc1Cl. The Balaban J connectivity index is 2.30. The molecule has 1 heterocycles. The van der Waals surface area contributed by atoms with Crippen molar-refractivity contribution in [3.63, 3.8) is 0 Å². The van der Waals surface area contributed by atoms with Crippen LogP contribution in [0.3, 0.4) is 0 Å². The smallest absolute Gasteiger partial charge is 0.303 e. The number of aromatic nitrogens is 2. The highest BCUT2D eigenvalue weighted by Gasteiger charge is 2.10. The van der Waals surface area contributed by atoms with E-state index < -0.39 is 5.97 Å².